The molecule has 3 N–H and O–H groups in total. The topological polar surface area (TPSA) is 134 Å². The second-order valence-electron chi connectivity index (χ2n) is 8.78. The van der Waals surface area contributed by atoms with Gasteiger partial charge in [-0.1, -0.05) is 24.3 Å². The zero-order valence-electron chi connectivity index (χ0n) is 21.3. The van der Waals surface area contributed by atoms with Crippen LogP contribution in [0.15, 0.2) is 102 Å². The number of anilines is 3. The largest absolute Gasteiger partial charge is 0.380 e. The lowest BCUT2D eigenvalue weighted by atomic mass is 10.1. The number of carbonyl (C=O) groups is 1. The van der Waals surface area contributed by atoms with Crippen molar-refractivity contribution < 1.29 is 9.72 Å². The second-order valence-corrected chi connectivity index (χ2v) is 9.69. The maximum atomic E-state index is 13.1. The van der Waals surface area contributed by atoms with Crippen LogP contribution >= 0.6 is 11.3 Å². The number of aliphatic imine (C=N–C) groups is 1. The average molecular weight is 552 g/mol. The van der Waals surface area contributed by atoms with Gasteiger partial charge in [-0.3, -0.25) is 29.9 Å². The molecule has 0 aliphatic carbocycles. The van der Waals surface area contributed by atoms with Crippen LogP contribution in [0.3, 0.4) is 0 Å². The Balaban J connectivity index is 1.21. The van der Waals surface area contributed by atoms with Crippen molar-refractivity contribution in [3.05, 3.63) is 123 Å². The Labute approximate surface area is 234 Å². The number of hydrogen-bond acceptors (Lipinski definition) is 8. The third-order valence-corrected chi connectivity index (χ3v) is 6.88. The molecule has 0 fully saturated rings. The molecule has 0 saturated carbocycles. The van der Waals surface area contributed by atoms with Crippen molar-refractivity contribution >= 4 is 51.0 Å². The summed E-state index contributed by atoms with van der Waals surface area (Å²) in [5.74, 6) is -0.00761. The van der Waals surface area contributed by atoms with E-state index in [1.54, 1.807) is 48.9 Å². The van der Waals surface area contributed by atoms with Gasteiger partial charge in [0.15, 0.2) is 5.84 Å². The zero-order valence-corrected chi connectivity index (χ0v) is 22.1. The minimum absolute atomic E-state index is 0.224. The van der Waals surface area contributed by atoms with E-state index in [1.807, 2.05) is 47.8 Å². The van der Waals surface area contributed by atoms with E-state index < -0.39 is 11.5 Å². The first-order chi connectivity index (χ1) is 19.5. The summed E-state index contributed by atoms with van der Waals surface area (Å²) >= 11 is 1.35. The van der Waals surface area contributed by atoms with Gasteiger partial charge in [-0.15, -0.1) is 11.3 Å². The molecule has 0 aliphatic rings. The Morgan fingerprint density at radius 2 is 1.75 bits per heavy atom. The molecule has 3 aromatic heterocycles. The van der Waals surface area contributed by atoms with Crippen LogP contribution in [0.4, 0.5) is 17.1 Å². The monoisotopic (exact) mass is 551 g/mol. The first-order valence-corrected chi connectivity index (χ1v) is 13.3. The normalized spacial score (nSPS) is 11.2. The van der Waals surface area contributed by atoms with Gasteiger partial charge >= 0.3 is 0 Å². The number of aromatic nitrogens is 2. The summed E-state index contributed by atoms with van der Waals surface area (Å²) < 4.78 is 0. The highest BCUT2D eigenvalue weighted by Crippen LogP contribution is 2.26. The fraction of sp³-hybridized carbons (Fsp3) is 0.103. The third-order valence-electron chi connectivity index (χ3n) is 5.97. The molecule has 0 spiro atoms. The molecule has 5 rings (SSSR count). The standard InChI is InChI=1S/C29H25N7O3S/c37-29(28-26(12-15-40-28)32-18-21-11-14-31-25-6-2-1-5-24(21)25)35-23-9-7-22(8-10-23)34-27(19-36(38)39)33-17-20-4-3-13-30-16-20/h1-16,32H,17-19H2,(H,33,34)(H,35,37). The molecular formula is C29H25N7O3S. The maximum absolute atomic E-state index is 13.1. The molecule has 3 heterocycles. The lowest BCUT2D eigenvalue weighted by Crippen LogP contribution is -2.22. The van der Waals surface area contributed by atoms with Gasteiger partial charge in [0, 0.05) is 46.8 Å². The molecule has 0 aliphatic heterocycles. The molecule has 0 saturated heterocycles. The molecular weight excluding hydrogens is 526 g/mol. The summed E-state index contributed by atoms with van der Waals surface area (Å²) in [7, 11) is 0. The quantitative estimate of drug-likeness (QED) is 0.0859. The van der Waals surface area contributed by atoms with E-state index in [1.165, 1.54) is 11.3 Å². The number of nitrogens with zero attached hydrogens (tertiary/aromatic N) is 4. The van der Waals surface area contributed by atoms with Crippen LogP contribution < -0.4 is 16.0 Å². The third kappa shape index (κ3) is 6.83. The van der Waals surface area contributed by atoms with Gasteiger partial charge in [0.05, 0.1) is 17.7 Å². The number of pyridine rings is 2. The second kappa shape index (κ2) is 12.6. The molecule has 10 nitrogen and oxygen atoms in total. The Morgan fingerprint density at radius 3 is 2.52 bits per heavy atom. The van der Waals surface area contributed by atoms with Gasteiger partial charge in [-0.05, 0) is 65.0 Å². The molecule has 0 unspecified atom stereocenters. The number of para-hydroxylation sites is 1. The van der Waals surface area contributed by atoms with Crippen molar-refractivity contribution in [1.29, 1.82) is 0 Å². The van der Waals surface area contributed by atoms with E-state index in [0.29, 0.717) is 22.8 Å². The van der Waals surface area contributed by atoms with Crippen molar-refractivity contribution in [1.82, 2.24) is 9.97 Å². The molecule has 0 bridgehead atoms. The fourth-order valence-electron chi connectivity index (χ4n) is 4.05. The predicted octanol–water partition coefficient (Wildman–Crippen LogP) is 5.84. The molecule has 200 valence electrons. The lowest BCUT2D eigenvalue weighted by molar-refractivity contribution is -0.463. The predicted molar refractivity (Wildman–Crippen MR) is 159 cm³/mol. The summed E-state index contributed by atoms with van der Waals surface area (Å²) in [6.07, 6.45) is 5.11. The molecule has 40 heavy (non-hydrogen) atoms. The van der Waals surface area contributed by atoms with E-state index in [9.17, 15) is 14.9 Å². The van der Waals surface area contributed by atoms with Gasteiger partial charge < -0.3 is 16.0 Å². The van der Waals surface area contributed by atoms with Crippen LogP contribution in [0.5, 0.6) is 0 Å². The Morgan fingerprint density at radius 1 is 0.950 bits per heavy atom. The van der Waals surface area contributed by atoms with E-state index in [2.05, 4.69) is 30.9 Å². The number of thiophene rings is 1. The van der Waals surface area contributed by atoms with E-state index in [4.69, 9.17) is 0 Å². The molecule has 11 heteroatoms. The van der Waals surface area contributed by atoms with Crippen LogP contribution in [-0.2, 0) is 13.1 Å². The summed E-state index contributed by atoms with van der Waals surface area (Å²) in [6.45, 7) is 0.379. The number of amidine groups is 1. The lowest BCUT2D eigenvalue weighted by Gasteiger charge is -2.11. The Bertz CT molecular complexity index is 1650. The van der Waals surface area contributed by atoms with Crippen LogP contribution in [0.2, 0.25) is 0 Å². The highest BCUT2D eigenvalue weighted by Gasteiger charge is 2.14. The summed E-state index contributed by atoms with van der Waals surface area (Å²) in [6, 6.07) is 22.4. The number of amides is 1. The minimum Gasteiger partial charge on any atom is -0.380 e. The highest BCUT2D eigenvalue weighted by atomic mass is 32.1. The van der Waals surface area contributed by atoms with Crippen molar-refractivity contribution in [2.45, 2.75) is 13.1 Å². The minimum atomic E-state index is -0.442. The van der Waals surface area contributed by atoms with E-state index in [0.717, 1.165) is 27.7 Å². The van der Waals surface area contributed by atoms with Crippen molar-refractivity contribution in [3.8, 4) is 0 Å². The van der Waals surface area contributed by atoms with Gasteiger partial charge in [0.2, 0.25) is 0 Å². The number of benzene rings is 2. The van der Waals surface area contributed by atoms with Crippen LogP contribution in [0.1, 0.15) is 20.8 Å². The van der Waals surface area contributed by atoms with Gasteiger partial charge in [0.25, 0.3) is 12.5 Å². The van der Waals surface area contributed by atoms with Crippen LogP contribution in [0, 0.1) is 10.1 Å². The van der Waals surface area contributed by atoms with E-state index >= 15 is 0 Å². The molecule has 1 amide bonds. The molecule has 0 radical (unpaired) electrons. The fourth-order valence-corrected chi connectivity index (χ4v) is 4.81. The Kier molecular flexibility index (Phi) is 8.32. The number of fused-ring (bicyclic) bond motifs is 1. The molecule has 0 atom stereocenters. The number of nitro groups is 1. The average Bonchev–Trinajstić information content (AvgIpc) is 3.45. The maximum Gasteiger partial charge on any atom is 0.267 e. The first-order valence-electron chi connectivity index (χ1n) is 12.4. The highest BCUT2D eigenvalue weighted by molar-refractivity contribution is 7.12. The van der Waals surface area contributed by atoms with Gasteiger partial charge in [-0.25, -0.2) is 0 Å². The summed E-state index contributed by atoms with van der Waals surface area (Å²) in [5.41, 5.74) is 4.82. The van der Waals surface area contributed by atoms with Crippen LogP contribution in [-0.4, -0.2) is 33.2 Å². The first kappa shape index (κ1) is 26.4. The Hall–Kier alpha value is -5.16. The van der Waals surface area contributed by atoms with Crippen LogP contribution in [0.25, 0.3) is 10.9 Å². The van der Waals surface area contributed by atoms with Gasteiger partial charge in [0.1, 0.15) is 4.88 Å². The van der Waals surface area contributed by atoms with E-state index in [-0.39, 0.29) is 18.3 Å². The van der Waals surface area contributed by atoms with Crippen molar-refractivity contribution in [2.75, 3.05) is 22.5 Å². The van der Waals surface area contributed by atoms with Gasteiger partial charge in [-0.2, -0.15) is 0 Å². The van der Waals surface area contributed by atoms with Crippen molar-refractivity contribution in [2.24, 2.45) is 4.99 Å². The molecule has 5 aromatic rings. The SMILES string of the molecule is O=C(Nc1ccc(NC(C[N+](=O)[O-])=NCc2cccnc2)cc1)c1sccc1NCc1ccnc2ccccc12. The smallest absolute Gasteiger partial charge is 0.267 e. The number of hydrogen-bond donors (Lipinski definition) is 3. The number of rotatable bonds is 10. The number of nitrogens with one attached hydrogen (secondary N) is 3. The number of carbonyl (C=O) groups excluding carboxylic acids is 1. The zero-order chi connectivity index (χ0) is 27.7. The summed E-state index contributed by atoms with van der Waals surface area (Å²) in [4.78, 5) is 37.1. The summed E-state index contributed by atoms with van der Waals surface area (Å²) in [5, 5.41) is 23.4. The van der Waals surface area contributed by atoms with Crippen molar-refractivity contribution in [3.63, 3.8) is 0 Å². The molecule has 2 aromatic carbocycles.